The summed E-state index contributed by atoms with van der Waals surface area (Å²) in [5, 5.41) is 13.6. The number of para-hydroxylation sites is 1. The zero-order valence-corrected chi connectivity index (χ0v) is 19.4. The fourth-order valence-electron chi connectivity index (χ4n) is 3.34. The van der Waals surface area contributed by atoms with Gasteiger partial charge in [0.25, 0.3) is 5.88 Å². The summed E-state index contributed by atoms with van der Waals surface area (Å²) in [6, 6.07) is 12.9. The number of rotatable bonds is 8. The Bertz CT molecular complexity index is 1060. The van der Waals surface area contributed by atoms with Crippen LogP contribution in [0.25, 0.3) is 0 Å². The average Bonchev–Trinajstić information content (AvgIpc) is 3.31. The first-order chi connectivity index (χ1) is 15.5. The summed E-state index contributed by atoms with van der Waals surface area (Å²) in [7, 11) is 0. The molecule has 1 heterocycles. The Hall–Kier alpha value is -3.47. The predicted octanol–water partition coefficient (Wildman–Crippen LogP) is 5.44. The Morgan fingerprint density at radius 3 is 2.61 bits per heavy atom. The molecule has 0 saturated heterocycles. The van der Waals surface area contributed by atoms with Crippen molar-refractivity contribution in [2.24, 2.45) is 27.8 Å². The van der Waals surface area contributed by atoms with Crippen molar-refractivity contribution in [3.8, 4) is 17.7 Å². The van der Waals surface area contributed by atoms with Gasteiger partial charge in [0.05, 0.1) is 11.6 Å². The van der Waals surface area contributed by atoms with Gasteiger partial charge in [-0.05, 0) is 35.1 Å². The van der Waals surface area contributed by atoms with Crippen LogP contribution in [0.3, 0.4) is 0 Å². The van der Waals surface area contributed by atoms with Gasteiger partial charge in [-0.1, -0.05) is 58.0 Å². The van der Waals surface area contributed by atoms with Gasteiger partial charge in [-0.15, -0.1) is 0 Å². The normalized spacial score (nSPS) is 20.0. The maximum atomic E-state index is 14.2. The molecule has 3 atom stereocenters. The van der Waals surface area contributed by atoms with Crippen molar-refractivity contribution in [2.45, 2.75) is 40.7 Å². The van der Waals surface area contributed by atoms with Gasteiger partial charge in [0.1, 0.15) is 18.4 Å². The van der Waals surface area contributed by atoms with Crippen molar-refractivity contribution in [3.63, 3.8) is 0 Å². The maximum Gasteiger partial charge on any atom is 0.311 e. The number of pyridine rings is 1. The van der Waals surface area contributed by atoms with Gasteiger partial charge < -0.3 is 14.3 Å². The third-order valence-electron chi connectivity index (χ3n) is 5.37. The van der Waals surface area contributed by atoms with Crippen LogP contribution >= 0.6 is 0 Å². The monoisotopic (exact) mass is 453 g/mol. The highest BCUT2D eigenvalue weighted by Gasteiger charge is 2.62. The minimum absolute atomic E-state index is 0.0278. The number of carbonyl (C=O) groups excluding carboxylic acids is 1. The van der Waals surface area contributed by atoms with Gasteiger partial charge >= 0.3 is 5.97 Å². The van der Waals surface area contributed by atoms with E-state index in [1.807, 2.05) is 40.7 Å². The third kappa shape index (κ3) is 6.07. The van der Waals surface area contributed by atoms with Crippen LogP contribution in [0.5, 0.6) is 11.6 Å². The number of hydrogen-bond donors (Lipinski definition) is 0. The van der Waals surface area contributed by atoms with Crippen LogP contribution in [-0.4, -0.2) is 23.8 Å². The molecule has 0 spiro atoms. The van der Waals surface area contributed by atoms with Gasteiger partial charge in [-0.2, -0.15) is 5.26 Å². The molecule has 0 N–H and O–H groups in total. The average molecular weight is 454 g/mol. The quantitative estimate of drug-likeness (QED) is 0.300. The second kappa shape index (κ2) is 9.57. The number of ether oxygens (including phenoxy) is 2. The minimum Gasteiger partial charge on any atom is -0.440 e. The number of oxime groups is 1. The molecule has 7 nitrogen and oxygen atoms in total. The first-order valence-corrected chi connectivity index (χ1v) is 10.7. The Morgan fingerprint density at radius 2 is 1.97 bits per heavy atom. The summed E-state index contributed by atoms with van der Waals surface area (Å²) >= 11 is 0. The lowest BCUT2D eigenvalue weighted by atomic mass is 9.99. The van der Waals surface area contributed by atoms with Crippen LogP contribution in [0, 0.1) is 39.8 Å². The van der Waals surface area contributed by atoms with E-state index in [-0.39, 0.29) is 28.3 Å². The number of carbonyl (C=O) groups is 1. The molecule has 3 rings (SSSR count). The van der Waals surface area contributed by atoms with E-state index in [1.54, 1.807) is 36.5 Å². The zero-order valence-electron chi connectivity index (χ0n) is 19.4. The zero-order chi connectivity index (χ0) is 24.2. The van der Waals surface area contributed by atoms with Crippen LogP contribution in [0.4, 0.5) is 4.39 Å². The molecule has 3 unspecified atom stereocenters. The van der Waals surface area contributed by atoms with E-state index in [9.17, 15) is 14.4 Å². The number of esters is 1. The molecule has 174 valence electrons. The number of hydrogen-bond acceptors (Lipinski definition) is 7. The Labute approximate surface area is 193 Å². The van der Waals surface area contributed by atoms with Crippen molar-refractivity contribution >= 4 is 12.2 Å². The first-order valence-electron chi connectivity index (χ1n) is 10.7. The van der Waals surface area contributed by atoms with Crippen LogP contribution in [0.1, 0.15) is 46.4 Å². The molecule has 1 aromatic carbocycles. The van der Waals surface area contributed by atoms with E-state index in [0.29, 0.717) is 12.4 Å². The molecule has 33 heavy (non-hydrogen) atoms. The van der Waals surface area contributed by atoms with Crippen LogP contribution < -0.4 is 4.74 Å². The summed E-state index contributed by atoms with van der Waals surface area (Å²) in [4.78, 5) is 22.2. The molecule has 0 aliphatic heterocycles. The van der Waals surface area contributed by atoms with Crippen molar-refractivity contribution in [1.29, 1.82) is 5.26 Å². The summed E-state index contributed by atoms with van der Waals surface area (Å²) in [6.45, 7) is 10.4. The molecular weight excluding hydrogens is 425 g/mol. The molecule has 8 heteroatoms. The van der Waals surface area contributed by atoms with Crippen molar-refractivity contribution in [2.75, 3.05) is 6.61 Å². The Morgan fingerprint density at radius 1 is 1.27 bits per heavy atom. The van der Waals surface area contributed by atoms with E-state index in [0.717, 1.165) is 6.07 Å². The number of benzene rings is 1. The van der Waals surface area contributed by atoms with E-state index < -0.39 is 23.8 Å². The van der Waals surface area contributed by atoms with Crippen LogP contribution in [0.2, 0.25) is 0 Å². The predicted molar refractivity (Wildman–Crippen MR) is 120 cm³/mol. The smallest absolute Gasteiger partial charge is 0.311 e. The molecule has 2 aromatic rings. The van der Waals surface area contributed by atoms with Gasteiger partial charge in [0, 0.05) is 12.1 Å². The molecule has 1 aliphatic carbocycles. The van der Waals surface area contributed by atoms with E-state index in [1.165, 1.54) is 6.07 Å². The largest absolute Gasteiger partial charge is 0.440 e. The highest BCUT2D eigenvalue weighted by molar-refractivity contribution is 5.85. The van der Waals surface area contributed by atoms with Gasteiger partial charge in [-0.3, -0.25) is 4.79 Å². The molecule has 1 fully saturated rings. The number of nitrogens with zero attached hydrogens (tertiary/aromatic N) is 3. The summed E-state index contributed by atoms with van der Waals surface area (Å²) in [5.74, 6) is -1.81. The van der Waals surface area contributed by atoms with Crippen molar-refractivity contribution in [1.82, 2.24) is 4.98 Å². The minimum atomic E-state index is -1.30. The SMILES string of the molecule is CC(C)(C)CON=CC1C(C(=O)OC(C#N)c2ccc(F)c(Oc3ccccc3)n2)C1(C)C. The molecule has 0 amide bonds. The maximum absolute atomic E-state index is 14.2. The highest BCUT2D eigenvalue weighted by Crippen LogP contribution is 2.58. The lowest BCUT2D eigenvalue weighted by Gasteiger charge is -2.15. The van der Waals surface area contributed by atoms with E-state index >= 15 is 0 Å². The lowest BCUT2D eigenvalue weighted by molar-refractivity contribution is -0.149. The highest BCUT2D eigenvalue weighted by atomic mass is 19.1. The molecule has 0 bridgehead atoms. The van der Waals surface area contributed by atoms with Crippen LogP contribution in [-0.2, 0) is 14.4 Å². The van der Waals surface area contributed by atoms with Gasteiger partial charge in [0.2, 0.25) is 6.10 Å². The summed E-state index contributed by atoms with van der Waals surface area (Å²) in [5.41, 5.74) is -0.334. The van der Waals surface area contributed by atoms with E-state index in [2.05, 4.69) is 10.1 Å². The number of aromatic nitrogens is 1. The fourth-order valence-corrected chi connectivity index (χ4v) is 3.34. The molecule has 0 radical (unpaired) electrons. The lowest BCUT2D eigenvalue weighted by Crippen LogP contribution is -2.16. The number of halogens is 1. The molecular formula is C25H28FN3O4. The molecule has 1 saturated carbocycles. The second-order valence-electron chi connectivity index (χ2n) is 9.80. The third-order valence-corrected chi connectivity index (χ3v) is 5.37. The fraction of sp³-hybridized carbons (Fsp3) is 0.440. The molecule has 1 aromatic heterocycles. The van der Waals surface area contributed by atoms with Crippen molar-refractivity contribution < 1.29 is 23.5 Å². The summed E-state index contributed by atoms with van der Waals surface area (Å²) in [6.07, 6.45) is 0.309. The van der Waals surface area contributed by atoms with E-state index in [4.69, 9.17) is 14.3 Å². The van der Waals surface area contributed by atoms with Gasteiger partial charge in [-0.25, -0.2) is 9.37 Å². The Kier molecular flexibility index (Phi) is 7.01. The molecule has 1 aliphatic rings. The standard InChI is InChI=1S/C25H28FN3O4/c1-24(2,3)15-31-28-14-17-21(25(17,4)5)23(30)33-20(13-27)19-12-11-18(26)22(29-19)32-16-9-7-6-8-10-16/h6-12,14,17,20-21H,15H2,1-5H3. The summed E-state index contributed by atoms with van der Waals surface area (Å²) < 4.78 is 25.1. The second-order valence-corrected chi connectivity index (χ2v) is 9.80. The van der Waals surface area contributed by atoms with Crippen molar-refractivity contribution in [3.05, 3.63) is 54.0 Å². The number of nitriles is 1. The first kappa shape index (κ1) is 24.2. The van der Waals surface area contributed by atoms with Crippen LogP contribution in [0.15, 0.2) is 47.6 Å². The topological polar surface area (TPSA) is 93.8 Å². The van der Waals surface area contributed by atoms with Gasteiger partial charge in [0.15, 0.2) is 5.82 Å². The Balaban J connectivity index is 1.67.